The smallest absolute Gasteiger partial charge is 0.315 e. The number of nitrogens with zero attached hydrogens (tertiary/aromatic N) is 1. The topological polar surface area (TPSA) is 63.2 Å². The number of para-hydroxylation sites is 1. The molecule has 0 fully saturated rings. The average Bonchev–Trinajstić information content (AvgIpc) is 3.00. The minimum atomic E-state index is -0.399. The molecule has 0 aliphatic carbocycles. The van der Waals surface area contributed by atoms with Crippen LogP contribution in [0.1, 0.15) is 48.1 Å². The Morgan fingerprint density at radius 1 is 1.54 bits per heavy atom. The van der Waals surface area contributed by atoms with E-state index in [0.717, 1.165) is 17.1 Å². The van der Waals surface area contributed by atoms with Gasteiger partial charge in [0.15, 0.2) is 11.6 Å². The number of carbonyl (C=O) groups excluding carboxylic acids is 1. The SMILES string of the molecule is CCC(NC(=O)N[C@H]1CCOc2c(F)cccc21)c1nc(C)cs1. The molecule has 0 saturated heterocycles. The highest BCUT2D eigenvalue weighted by atomic mass is 32.1. The van der Waals surface area contributed by atoms with Crippen LogP contribution in [0.2, 0.25) is 0 Å². The average molecular weight is 349 g/mol. The highest BCUT2D eigenvalue weighted by molar-refractivity contribution is 7.09. The number of nitrogens with one attached hydrogen (secondary N) is 2. The number of halogens is 1. The predicted octanol–water partition coefficient (Wildman–Crippen LogP) is 3.86. The van der Waals surface area contributed by atoms with E-state index in [0.29, 0.717) is 18.6 Å². The maximum atomic E-state index is 13.8. The van der Waals surface area contributed by atoms with Crippen molar-refractivity contribution in [1.82, 2.24) is 15.6 Å². The van der Waals surface area contributed by atoms with E-state index in [1.54, 1.807) is 12.1 Å². The molecule has 0 saturated carbocycles. The van der Waals surface area contributed by atoms with E-state index < -0.39 is 5.82 Å². The second-order valence-electron chi connectivity index (χ2n) is 5.75. The number of rotatable bonds is 4. The zero-order valence-electron chi connectivity index (χ0n) is 13.6. The van der Waals surface area contributed by atoms with Crippen LogP contribution in [-0.4, -0.2) is 17.6 Å². The summed E-state index contributed by atoms with van der Waals surface area (Å²) in [6, 6.07) is 4.10. The van der Waals surface area contributed by atoms with Gasteiger partial charge in [-0.3, -0.25) is 0 Å². The first-order valence-electron chi connectivity index (χ1n) is 7.98. The zero-order chi connectivity index (χ0) is 17.1. The Bertz CT molecular complexity index is 734. The van der Waals surface area contributed by atoms with E-state index in [-0.39, 0.29) is 23.9 Å². The van der Waals surface area contributed by atoms with E-state index in [2.05, 4.69) is 15.6 Å². The van der Waals surface area contributed by atoms with Crippen molar-refractivity contribution < 1.29 is 13.9 Å². The van der Waals surface area contributed by atoms with Crippen LogP contribution in [-0.2, 0) is 0 Å². The van der Waals surface area contributed by atoms with Crippen molar-refractivity contribution in [3.05, 3.63) is 45.7 Å². The van der Waals surface area contributed by atoms with Gasteiger partial charge in [-0.15, -0.1) is 11.3 Å². The number of ether oxygens (including phenoxy) is 1. The number of hydrogen-bond donors (Lipinski definition) is 2. The zero-order valence-corrected chi connectivity index (χ0v) is 14.5. The van der Waals surface area contributed by atoms with Crippen LogP contribution in [0.15, 0.2) is 23.6 Å². The minimum Gasteiger partial charge on any atom is -0.490 e. The second kappa shape index (κ2) is 7.17. The first kappa shape index (κ1) is 16.7. The standard InChI is InChI=1S/C17H20FN3O2S/c1-3-13(16-19-10(2)9-24-16)20-17(22)21-14-7-8-23-15-11(14)5-4-6-12(15)18/h4-6,9,13-14H,3,7-8H2,1-2H3,(H2,20,21,22)/t13?,14-/m0/s1. The Labute approximate surface area is 144 Å². The lowest BCUT2D eigenvalue weighted by atomic mass is 10.0. The Kier molecular flexibility index (Phi) is 4.99. The fourth-order valence-electron chi connectivity index (χ4n) is 2.77. The van der Waals surface area contributed by atoms with Crippen molar-refractivity contribution in [2.75, 3.05) is 6.61 Å². The van der Waals surface area contributed by atoms with Crippen LogP contribution in [0.5, 0.6) is 5.75 Å². The summed E-state index contributed by atoms with van der Waals surface area (Å²) < 4.78 is 19.2. The molecular weight excluding hydrogens is 329 g/mol. The van der Waals surface area contributed by atoms with Gasteiger partial charge in [-0.05, 0) is 19.4 Å². The summed E-state index contributed by atoms with van der Waals surface area (Å²) >= 11 is 1.54. The monoisotopic (exact) mass is 349 g/mol. The van der Waals surface area contributed by atoms with E-state index in [1.165, 1.54) is 17.4 Å². The molecule has 1 aliphatic rings. The highest BCUT2D eigenvalue weighted by Gasteiger charge is 2.26. The molecule has 5 nitrogen and oxygen atoms in total. The molecule has 3 rings (SSSR count). The number of fused-ring (bicyclic) bond motifs is 1. The van der Waals surface area contributed by atoms with E-state index in [9.17, 15) is 9.18 Å². The van der Waals surface area contributed by atoms with Gasteiger partial charge in [0, 0.05) is 23.1 Å². The molecule has 7 heteroatoms. The third-order valence-corrected chi connectivity index (χ3v) is 5.06. The summed E-state index contributed by atoms with van der Waals surface area (Å²) in [6.45, 7) is 4.31. The fraction of sp³-hybridized carbons (Fsp3) is 0.412. The minimum absolute atomic E-state index is 0.129. The molecule has 128 valence electrons. The van der Waals surface area contributed by atoms with Crippen LogP contribution in [0, 0.1) is 12.7 Å². The largest absolute Gasteiger partial charge is 0.490 e. The van der Waals surface area contributed by atoms with Crippen molar-refractivity contribution in [1.29, 1.82) is 0 Å². The first-order chi connectivity index (χ1) is 11.6. The molecule has 1 aromatic heterocycles. The van der Waals surface area contributed by atoms with E-state index in [1.807, 2.05) is 19.2 Å². The molecule has 0 bridgehead atoms. The Balaban J connectivity index is 1.68. The molecule has 2 heterocycles. The predicted molar refractivity (Wildman–Crippen MR) is 90.8 cm³/mol. The maximum absolute atomic E-state index is 13.8. The van der Waals surface area contributed by atoms with E-state index >= 15 is 0 Å². The molecule has 2 N–H and O–H groups in total. The summed E-state index contributed by atoms with van der Waals surface area (Å²) in [7, 11) is 0. The molecule has 1 aliphatic heterocycles. The Morgan fingerprint density at radius 2 is 2.38 bits per heavy atom. The second-order valence-corrected chi connectivity index (χ2v) is 6.64. The van der Waals surface area contributed by atoms with Crippen LogP contribution in [0.3, 0.4) is 0 Å². The van der Waals surface area contributed by atoms with Gasteiger partial charge in [0.25, 0.3) is 0 Å². The van der Waals surface area contributed by atoms with Crippen molar-refractivity contribution in [3.63, 3.8) is 0 Å². The normalized spacial score (nSPS) is 17.5. The quantitative estimate of drug-likeness (QED) is 0.881. The molecule has 2 aromatic rings. The number of amides is 2. The third kappa shape index (κ3) is 3.51. The molecule has 2 atom stereocenters. The molecule has 2 amide bonds. The lowest BCUT2D eigenvalue weighted by molar-refractivity contribution is 0.216. The fourth-order valence-corrected chi connectivity index (χ4v) is 3.70. The summed E-state index contributed by atoms with van der Waals surface area (Å²) in [5.74, 6) is -0.166. The molecule has 1 unspecified atom stereocenters. The van der Waals surface area contributed by atoms with Gasteiger partial charge in [-0.1, -0.05) is 19.1 Å². The van der Waals surface area contributed by atoms with Crippen molar-refractivity contribution in [2.45, 2.75) is 38.8 Å². The summed E-state index contributed by atoms with van der Waals surface area (Å²) in [4.78, 5) is 16.8. The van der Waals surface area contributed by atoms with Crippen molar-refractivity contribution >= 4 is 17.4 Å². The number of thiazole rings is 1. The maximum Gasteiger partial charge on any atom is 0.315 e. The third-order valence-electron chi connectivity index (χ3n) is 3.98. The summed E-state index contributed by atoms with van der Waals surface area (Å²) in [6.07, 6.45) is 1.36. The van der Waals surface area contributed by atoms with Crippen LogP contribution in [0.4, 0.5) is 9.18 Å². The first-order valence-corrected chi connectivity index (χ1v) is 8.86. The Morgan fingerprint density at radius 3 is 3.08 bits per heavy atom. The lowest BCUT2D eigenvalue weighted by Gasteiger charge is -2.27. The van der Waals surface area contributed by atoms with Gasteiger partial charge in [-0.2, -0.15) is 0 Å². The van der Waals surface area contributed by atoms with Crippen molar-refractivity contribution in [2.24, 2.45) is 0 Å². The van der Waals surface area contributed by atoms with Gasteiger partial charge >= 0.3 is 6.03 Å². The summed E-state index contributed by atoms with van der Waals surface area (Å²) in [5, 5.41) is 8.74. The van der Waals surface area contributed by atoms with E-state index in [4.69, 9.17) is 4.74 Å². The van der Waals surface area contributed by atoms with Gasteiger partial charge in [0.2, 0.25) is 0 Å². The summed E-state index contributed by atoms with van der Waals surface area (Å²) in [5.41, 5.74) is 1.62. The molecular formula is C17H20FN3O2S. The van der Waals surface area contributed by atoms with Gasteiger partial charge < -0.3 is 15.4 Å². The molecule has 0 spiro atoms. The number of hydrogen-bond acceptors (Lipinski definition) is 4. The van der Waals surface area contributed by atoms with Gasteiger partial charge in [0.1, 0.15) is 5.01 Å². The van der Waals surface area contributed by atoms with Crippen LogP contribution in [0.25, 0.3) is 0 Å². The van der Waals surface area contributed by atoms with Crippen LogP contribution >= 0.6 is 11.3 Å². The molecule has 0 radical (unpaired) electrons. The van der Waals surface area contributed by atoms with Gasteiger partial charge in [-0.25, -0.2) is 14.2 Å². The number of urea groups is 1. The number of benzene rings is 1. The number of carbonyl (C=O) groups is 1. The van der Waals surface area contributed by atoms with Gasteiger partial charge in [0.05, 0.1) is 18.7 Å². The lowest BCUT2D eigenvalue weighted by Crippen LogP contribution is -2.41. The van der Waals surface area contributed by atoms with Crippen molar-refractivity contribution in [3.8, 4) is 5.75 Å². The number of aromatic nitrogens is 1. The molecule has 24 heavy (non-hydrogen) atoms. The molecule has 1 aromatic carbocycles. The Hall–Kier alpha value is -2.15. The van der Waals surface area contributed by atoms with Crippen LogP contribution < -0.4 is 15.4 Å². The number of aryl methyl sites for hydroxylation is 1. The highest BCUT2D eigenvalue weighted by Crippen LogP contribution is 2.34.